The SMILES string of the molecule is CC(C)(C)c1ccc([S+]2CCOCC2)cc1.CC(F)(F)C(=O)OC12CC3CC(C1)C1(OC4COC(=O)C4O1)C(C3)C2.CC(F)(F)C(=O)OC12CC3CC(C1)C1(OC4COC(=O)C4O1)C(C3)C2.c1ccc([S+](c2ccccc2)c2ccccc2)cc1. The van der Waals surface area contributed by atoms with Gasteiger partial charge in [0.25, 0.3) is 0 Å². The largest absolute Gasteiger partial charge is 0.461 e. The standard InChI is InChI=1S/C18H15S.2C17H20F2O6.C14H21OS/c1-4-10-16(11-5-1)19(17-12-6-2-7-13-17)18-14-8-3-9-15-18;2*1-15(18,19)14(21)25-16-4-8-2-9(5-16)17(10(3-8)6-16)23-11-7-22-13(20)12(11)24-17;1-14(2,3)12-4-6-13(7-5-12)16-10-8-15-9-11-16/h1-15H;2*8-12H,2-7H2,1H3;4-7H,8-11H2,1-3H3/q+1;;;+1. The first-order chi connectivity index (χ1) is 40.4. The average molecular weight is 1220 g/mol. The molecule has 4 aromatic rings. The summed E-state index contributed by atoms with van der Waals surface area (Å²) >= 11 is 0. The van der Waals surface area contributed by atoms with Crippen molar-refractivity contribution in [3.8, 4) is 0 Å². The number of cyclic esters (lactones) is 2. The number of esters is 4. The molecule has 5 saturated heterocycles. The zero-order valence-electron chi connectivity index (χ0n) is 48.7. The summed E-state index contributed by atoms with van der Waals surface area (Å²) in [6.07, 6.45) is 4.16. The number of hydrogen-bond acceptors (Lipinski definition) is 13. The van der Waals surface area contributed by atoms with E-state index in [0.29, 0.717) is 75.1 Å². The molecule has 8 atom stereocenters. The Morgan fingerprint density at radius 2 is 0.882 bits per heavy atom. The van der Waals surface area contributed by atoms with Gasteiger partial charge in [0.1, 0.15) is 48.1 Å². The quantitative estimate of drug-likeness (QED) is 0.0713. The van der Waals surface area contributed by atoms with E-state index in [0.717, 1.165) is 38.9 Å². The highest BCUT2D eigenvalue weighted by Crippen LogP contribution is 2.66. The average Bonchev–Trinajstić information content (AvgIpc) is 1.75. The summed E-state index contributed by atoms with van der Waals surface area (Å²) in [6.45, 7) is 10.2. The fourth-order valence-electron chi connectivity index (χ4n) is 15.6. The number of ether oxygens (including phenoxy) is 9. The van der Waals surface area contributed by atoms with Crippen LogP contribution in [0.1, 0.15) is 104 Å². The Bertz CT molecular complexity index is 2820. The van der Waals surface area contributed by atoms with Gasteiger partial charge in [-0.15, -0.1) is 0 Å². The molecule has 13 aliphatic rings. The molecule has 19 heteroatoms. The highest BCUT2D eigenvalue weighted by Gasteiger charge is 2.72. The molecule has 8 saturated carbocycles. The number of hydrogen-bond donors (Lipinski definition) is 0. The molecule has 13 fully saturated rings. The van der Waals surface area contributed by atoms with Gasteiger partial charge in [-0.05, 0) is 136 Å². The molecule has 8 unspecified atom stereocenters. The van der Waals surface area contributed by atoms with Crippen LogP contribution in [0.5, 0.6) is 0 Å². The number of carbonyl (C=O) groups excluding carboxylic acids is 4. The summed E-state index contributed by atoms with van der Waals surface area (Å²) in [4.78, 5) is 52.8. The second-order valence-corrected chi connectivity index (χ2v) is 30.5. The fourth-order valence-corrected chi connectivity index (χ4v) is 19.6. The van der Waals surface area contributed by atoms with Crippen molar-refractivity contribution in [1.29, 1.82) is 0 Å². The van der Waals surface area contributed by atoms with Gasteiger partial charge in [-0.1, -0.05) is 87.5 Å². The van der Waals surface area contributed by atoms with Crippen LogP contribution >= 0.6 is 0 Å². The van der Waals surface area contributed by atoms with Gasteiger partial charge in [0.05, 0.1) is 24.1 Å². The molecule has 8 aliphatic carbocycles. The monoisotopic (exact) mass is 1220 g/mol. The Balaban J connectivity index is 0.000000113. The second kappa shape index (κ2) is 23.2. The Morgan fingerprint density at radius 3 is 1.21 bits per heavy atom. The van der Waals surface area contributed by atoms with Gasteiger partial charge in [0.15, 0.2) is 43.4 Å². The van der Waals surface area contributed by atoms with Gasteiger partial charge >= 0.3 is 35.7 Å². The minimum absolute atomic E-state index is 0.0146. The molecule has 456 valence electrons. The molecular weight excluding hydrogens is 1140 g/mol. The Morgan fingerprint density at radius 1 is 0.518 bits per heavy atom. The predicted octanol–water partition coefficient (Wildman–Crippen LogP) is 11.4. The minimum Gasteiger partial charge on any atom is -0.461 e. The molecule has 17 rings (SSSR count). The Labute approximate surface area is 499 Å². The number of fused-ring (bicyclic) bond motifs is 2. The van der Waals surface area contributed by atoms with Crippen LogP contribution in [0.25, 0.3) is 0 Å². The van der Waals surface area contributed by atoms with Crippen molar-refractivity contribution < 1.29 is 79.4 Å². The lowest BCUT2D eigenvalue weighted by atomic mass is 9.51. The third-order valence-electron chi connectivity index (χ3n) is 19.0. The van der Waals surface area contributed by atoms with Crippen molar-refractivity contribution in [3.63, 3.8) is 0 Å². The normalized spacial score (nSPS) is 35.4. The number of carbonyl (C=O) groups is 4. The van der Waals surface area contributed by atoms with Gasteiger partial charge < -0.3 is 42.6 Å². The molecule has 5 aliphatic heterocycles. The Kier molecular flexibility index (Phi) is 16.4. The summed E-state index contributed by atoms with van der Waals surface area (Å²) in [5, 5.41) is 0. The molecule has 0 N–H and O–H groups in total. The molecular formula is C66H76F4O13S2+2. The van der Waals surface area contributed by atoms with E-state index in [1.54, 1.807) is 0 Å². The summed E-state index contributed by atoms with van der Waals surface area (Å²) in [5.41, 5.74) is -0.0305. The van der Waals surface area contributed by atoms with E-state index in [4.69, 9.17) is 42.6 Å². The minimum atomic E-state index is -3.50. The lowest BCUT2D eigenvalue weighted by Gasteiger charge is -2.62. The van der Waals surface area contributed by atoms with Gasteiger partial charge in [0.2, 0.25) is 0 Å². The van der Waals surface area contributed by atoms with Crippen LogP contribution < -0.4 is 0 Å². The maximum absolute atomic E-state index is 13.3. The summed E-state index contributed by atoms with van der Waals surface area (Å²) in [5.74, 6) is -9.67. The van der Waals surface area contributed by atoms with Gasteiger partial charge in [-0.2, -0.15) is 17.6 Å². The van der Waals surface area contributed by atoms with E-state index in [9.17, 15) is 36.7 Å². The van der Waals surface area contributed by atoms with Gasteiger partial charge in [0, 0.05) is 48.4 Å². The first-order valence-electron chi connectivity index (χ1n) is 30.0. The van der Waals surface area contributed by atoms with Crippen LogP contribution in [0.4, 0.5) is 17.6 Å². The number of alkyl halides is 4. The molecule has 4 aromatic carbocycles. The number of halogens is 4. The van der Waals surface area contributed by atoms with E-state index in [1.165, 1.54) is 36.7 Å². The third kappa shape index (κ3) is 12.1. The maximum Gasteiger partial charge on any atom is 0.377 e. The molecule has 8 bridgehead atoms. The van der Waals surface area contributed by atoms with E-state index in [2.05, 4.69) is 136 Å². The molecule has 0 aromatic heterocycles. The summed E-state index contributed by atoms with van der Waals surface area (Å²) in [6, 6.07) is 41.4. The van der Waals surface area contributed by atoms with E-state index < -0.39 is 82.9 Å². The highest BCUT2D eigenvalue weighted by molar-refractivity contribution is 7.97. The molecule has 0 amide bonds. The van der Waals surface area contributed by atoms with Crippen molar-refractivity contribution in [2.24, 2.45) is 35.5 Å². The third-order valence-corrected chi connectivity index (χ3v) is 23.5. The maximum atomic E-state index is 13.3. The van der Waals surface area contributed by atoms with Crippen LogP contribution in [0.3, 0.4) is 0 Å². The van der Waals surface area contributed by atoms with Crippen LogP contribution in [0.15, 0.2) is 135 Å². The second-order valence-electron chi connectivity index (χ2n) is 26.2. The molecule has 0 radical (unpaired) electrons. The summed E-state index contributed by atoms with van der Waals surface area (Å²) in [7, 11) is 0.417. The molecule has 2 spiro atoms. The zero-order valence-corrected chi connectivity index (χ0v) is 50.3. The number of benzene rings is 4. The van der Waals surface area contributed by atoms with E-state index >= 15 is 0 Å². The molecule has 5 heterocycles. The van der Waals surface area contributed by atoms with Crippen molar-refractivity contribution in [3.05, 3.63) is 121 Å². The molecule has 85 heavy (non-hydrogen) atoms. The topological polar surface area (TPSA) is 151 Å². The van der Waals surface area contributed by atoms with Gasteiger partial charge in [-0.25, -0.2) is 19.2 Å². The zero-order chi connectivity index (χ0) is 59.7. The van der Waals surface area contributed by atoms with Crippen molar-refractivity contribution in [2.45, 2.75) is 183 Å². The first-order valence-corrected chi connectivity index (χ1v) is 32.7. The lowest BCUT2D eigenvalue weighted by molar-refractivity contribution is -0.327. The van der Waals surface area contributed by atoms with Crippen LogP contribution in [-0.4, -0.2) is 121 Å². The highest BCUT2D eigenvalue weighted by atomic mass is 32.2. The lowest BCUT2D eigenvalue weighted by Crippen LogP contribution is -2.65. The van der Waals surface area contributed by atoms with Crippen LogP contribution in [0.2, 0.25) is 0 Å². The van der Waals surface area contributed by atoms with Crippen LogP contribution in [0, 0.1) is 35.5 Å². The first kappa shape index (κ1) is 60.3. The predicted molar refractivity (Wildman–Crippen MR) is 306 cm³/mol. The smallest absolute Gasteiger partial charge is 0.377 e. The van der Waals surface area contributed by atoms with Gasteiger partial charge in [-0.3, -0.25) is 0 Å². The number of rotatable bonds is 8. The van der Waals surface area contributed by atoms with Crippen molar-refractivity contribution >= 4 is 45.7 Å². The van der Waals surface area contributed by atoms with Crippen molar-refractivity contribution in [2.75, 3.05) is 37.9 Å². The molecule has 13 nitrogen and oxygen atoms in total. The van der Waals surface area contributed by atoms with E-state index in [1.807, 2.05) is 0 Å². The van der Waals surface area contributed by atoms with Crippen molar-refractivity contribution in [1.82, 2.24) is 0 Å². The summed E-state index contributed by atoms with van der Waals surface area (Å²) < 4.78 is 104. The fraction of sp³-hybridized carbons (Fsp3) is 0.576. The Hall–Kier alpha value is -5.02. The van der Waals surface area contributed by atoms with Crippen LogP contribution in [-0.2, 0) is 89.0 Å². The van der Waals surface area contributed by atoms with E-state index in [-0.39, 0.29) is 53.2 Å².